The zero-order valence-electron chi connectivity index (χ0n) is 17.4. The highest BCUT2D eigenvalue weighted by atomic mass is 35.5. The maximum atomic E-state index is 12.6. The summed E-state index contributed by atoms with van der Waals surface area (Å²) in [6, 6.07) is 1.84. The van der Waals surface area contributed by atoms with Crippen LogP contribution in [0.3, 0.4) is 0 Å². The van der Waals surface area contributed by atoms with Crippen LogP contribution >= 0.6 is 24.8 Å². The van der Waals surface area contributed by atoms with Crippen LogP contribution in [0.5, 0.6) is 0 Å². The van der Waals surface area contributed by atoms with Crippen molar-refractivity contribution in [1.29, 1.82) is 0 Å². The van der Waals surface area contributed by atoms with Crippen LogP contribution in [0.25, 0.3) is 0 Å². The van der Waals surface area contributed by atoms with E-state index in [4.69, 9.17) is 0 Å². The van der Waals surface area contributed by atoms with E-state index in [0.717, 1.165) is 64.4 Å². The number of carbonyl (C=O) groups excluding carboxylic acids is 2. The smallest absolute Gasteiger partial charge is 0.233 e. The molecule has 3 heterocycles. The number of likely N-dealkylation sites (tertiary alicyclic amines) is 1. The van der Waals surface area contributed by atoms with E-state index in [1.165, 1.54) is 10.5 Å². The van der Waals surface area contributed by atoms with Crippen molar-refractivity contribution in [2.45, 2.75) is 32.6 Å². The topological polar surface area (TPSA) is 69.6 Å². The van der Waals surface area contributed by atoms with Gasteiger partial charge in [0.25, 0.3) is 0 Å². The molecule has 0 saturated carbocycles. The van der Waals surface area contributed by atoms with Crippen LogP contribution in [-0.4, -0.2) is 70.9 Å². The standard InChI is InChI=1S/C21H29N5O2.2ClH/c1-16-5-6-17-18(15-16)20(28)26(19(17)27)10-3-2-9-24-11-13-25(14-12-24)21-22-7-4-8-23-21;;/h4-5,7-8,17-18H,2-3,6,9-15H2,1H3;2*1H. The van der Waals surface area contributed by atoms with E-state index in [1.807, 2.05) is 6.07 Å². The molecule has 0 bridgehead atoms. The third kappa shape index (κ3) is 5.31. The molecule has 166 valence electrons. The molecule has 30 heavy (non-hydrogen) atoms. The summed E-state index contributed by atoms with van der Waals surface area (Å²) >= 11 is 0. The number of hydrogen-bond donors (Lipinski definition) is 0. The van der Waals surface area contributed by atoms with E-state index in [0.29, 0.717) is 6.54 Å². The molecule has 3 aliphatic rings. The minimum Gasteiger partial charge on any atom is -0.338 e. The normalized spacial score (nSPS) is 24.1. The summed E-state index contributed by atoms with van der Waals surface area (Å²) in [5.74, 6) is 0.698. The molecule has 1 aromatic rings. The lowest BCUT2D eigenvalue weighted by Crippen LogP contribution is -2.47. The van der Waals surface area contributed by atoms with Gasteiger partial charge in [-0.1, -0.05) is 11.6 Å². The van der Waals surface area contributed by atoms with Crippen molar-refractivity contribution in [3.05, 3.63) is 30.1 Å². The number of unbranched alkanes of at least 4 members (excludes halogenated alkanes) is 1. The summed E-state index contributed by atoms with van der Waals surface area (Å²) < 4.78 is 0. The molecule has 0 spiro atoms. The Morgan fingerprint density at radius 2 is 1.57 bits per heavy atom. The number of aromatic nitrogens is 2. The monoisotopic (exact) mass is 455 g/mol. The Labute approximate surface area is 190 Å². The number of fused-ring (bicyclic) bond motifs is 1. The molecular weight excluding hydrogens is 425 g/mol. The number of anilines is 1. The number of amides is 2. The maximum Gasteiger partial charge on any atom is 0.233 e. The molecule has 2 aliphatic heterocycles. The van der Waals surface area contributed by atoms with Gasteiger partial charge in [-0.25, -0.2) is 9.97 Å². The van der Waals surface area contributed by atoms with Crippen molar-refractivity contribution >= 4 is 42.6 Å². The van der Waals surface area contributed by atoms with E-state index in [-0.39, 0.29) is 48.5 Å². The number of allylic oxidation sites excluding steroid dienone is 2. The van der Waals surface area contributed by atoms with Gasteiger partial charge in [-0.3, -0.25) is 19.4 Å². The zero-order valence-corrected chi connectivity index (χ0v) is 19.0. The van der Waals surface area contributed by atoms with Gasteiger partial charge < -0.3 is 4.90 Å². The fraction of sp³-hybridized carbons (Fsp3) is 0.619. The van der Waals surface area contributed by atoms with Gasteiger partial charge in [-0.05, 0) is 45.2 Å². The van der Waals surface area contributed by atoms with E-state index < -0.39 is 0 Å². The summed E-state index contributed by atoms with van der Waals surface area (Å²) in [5, 5.41) is 0. The van der Waals surface area contributed by atoms with Crippen molar-refractivity contribution < 1.29 is 9.59 Å². The maximum absolute atomic E-state index is 12.6. The van der Waals surface area contributed by atoms with E-state index in [2.05, 4.69) is 32.8 Å². The second kappa shape index (κ2) is 11.1. The molecule has 4 rings (SSSR count). The SMILES string of the molecule is CC1=CCC2C(=O)N(CCCCN3CCN(c4ncccn4)CC3)C(=O)C2C1.Cl.Cl. The zero-order chi connectivity index (χ0) is 19.5. The molecule has 0 radical (unpaired) electrons. The van der Waals surface area contributed by atoms with Gasteiger partial charge in [-0.2, -0.15) is 0 Å². The van der Waals surface area contributed by atoms with Crippen LogP contribution in [0.15, 0.2) is 30.1 Å². The number of rotatable bonds is 6. The highest BCUT2D eigenvalue weighted by molar-refractivity contribution is 6.05. The summed E-state index contributed by atoms with van der Waals surface area (Å²) in [6.07, 6.45) is 9.05. The molecule has 0 N–H and O–H groups in total. The predicted octanol–water partition coefficient (Wildman–Crippen LogP) is 2.56. The molecule has 0 aromatic carbocycles. The molecule has 7 nitrogen and oxygen atoms in total. The molecule has 1 aliphatic carbocycles. The van der Waals surface area contributed by atoms with Gasteiger partial charge in [0, 0.05) is 45.1 Å². The van der Waals surface area contributed by atoms with Gasteiger partial charge in [-0.15, -0.1) is 24.8 Å². The highest BCUT2D eigenvalue weighted by Gasteiger charge is 2.47. The van der Waals surface area contributed by atoms with Crippen molar-refractivity contribution in [1.82, 2.24) is 19.8 Å². The van der Waals surface area contributed by atoms with Crippen molar-refractivity contribution in [3.63, 3.8) is 0 Å². The quantitative estimate of drug-likeness (QED) is 0.372. The Morgan fingerprint density at radius 3 is 2.27 bits per heavy atom. The number of hydrogen-bond acceptors (Lipinski definition) is 6. The highest BCUT2D eigenvalue weighted by Crippen LogP contribution is 2.37. The summed E-state index contributed by atoms with van der Waals surface area (Å²) in [5.41, 5.74) is 1.24. The lowest BCUT2D eigenvalue weighted by molar-refractivity contribution is -0.139. The lowest BCUT2D eigenvalue weighted by atomic mass is 9.82. The molecule has 2 unspecified atom stereocenters. The van der Waals surface area contributed by atoms with Crippen LogP contribution in [0.1, 0.15) is 32.6 Å². The molecule has 2 saturated heterocycles. The number of carbonyl (C=O) groups is 2. The van der Waals surface area contributed by atoms with Crippen molar-refractivity contribution in [2.75, 3.05) is 44.2 Å². The Balaban J connectivity index is 0.00000160. The Bertz CT molecular complexity index is 753. The van der Waals surface area contributed by atoms with Gasteiger partial charge >= 0.3 is 0 Å². The summed E-state index contributed by atoms with van der Waals surface area (Å²) in [7, 11) is 0. The first kappa shape index (κ1) is 24.6. The van der Waals surface area contributed by atoms with E-state index in [9.17, 15) is 9.59 Å². The first-order valence-corrected chi connectivity index (χ1v) is 10.4. The fourth-order valence-electron chi connectivity index (χ4n) is 4.56. The molecule has 2 atom stereocenters. The van der Waals surface area contributed by atoms with Crippen molar-refractivity contribution in [3.8, 4) is 0 Å². The Hall–Kier alpha value is -1.70. The molecule has 9 heteroatoms. The van der Waals surface area contributed by atoms with Crippen LogP contribution in [0.4, 0.5) is 5.95 Å². The molecule has 2 amide bonds. The minimum atomic E-state index is -0.107. The largest absolute Gasteiger partial charge is 0.338 e. The van der Waals surface area contributed by atoms with Gasteiger partial charge in [0.1, 0.15) is 0 Å². The number of nitrogens with zero attached hydrogens (tertiary/aromatic N) is 5. The lowest BCUT2D eigenvalue weighted by Gasteiger charge is -2.34. The first-order valence-electron chi connectivity index (χ1n) is 10.4. The van der Waals surface area contributed by atoms with E-state index in [1.54, 1.807) is 12.4 Å². The van der Waals surface area contributed by atoms with Gasteiger partial charge in [0.05, 0.1) is 11.8 Å². The second-order valence-electron chi connectivity index (χ2n) is 8.12. The Morgan fingerprint density at radius 1 is 0.933 bits per heavy atom. The fourth-order valence-corrected chi connectivity index (χ4v) is 4.56. The van der Waals surface area contributed by atoms with Crippen LogP contribution < -0.4 is 4.90 Å². The van der Waals surface area contributed by atoms with Gasteiger partial charge in [0.15, 0.2) is 0 Å². The van der Waals surface area contributed by atoms with Crippen LogP contribution in [-0.2, 0) is 9.59 Å². The summed E-state index contributed by atoms with van der Waals surface area (Å²) in [6.45, 7) is 7.49. The van der Waals surface area contributed by atoms with Crippen LogP contribution in [0, 0.1) is 11.8 Å². The molecular formula is C21H31Cl2N5O2. The minimum absolute atomic E-state index is 0. The van der Waals surface area contributed by atoms with Crippen LogP contribution in [0.2, 0.25) is 0 Å². The third-order valence-corrected chi connectivity index (χ3v) is 6.23. The van der Waals surface area contributed by atoms with E-state index >= 15 is 0 Å². The average Bonchev–Trinajstić information content (AvgIpc) is 2.96. The van der Waals surface area contributed by atoms with Crippen molar-refractivity contribution in [2.24, 2.45) is 11.8 Å². The predicted molar refractivity (Wildman–Crippen MR) is 121 cm³/mol. The summed E-state index contributed by atoms with van der Waals surface area (Å²) in [4.78, 5) is 40.0. The first-order chi connectivity index (χ1) is 13.6. The number of imide groups is 1. The number of halogens is 2. The second-order valence-corrected chi connectivity index (χ2v) is 8.12. The Kier molecular flexibility index (Phi) is 9.07. The third-order valence-electron chi connectivity index (χ3n) is 6.23. The molecule has 2 fully saturated rings. The number of piperazine rings is 1. The van der Waals surface area contributed by atoms with Gasteiger partial charge in [0.2, 0.25) is 17.8 Å². The molecule has 1 aromatic heterocycles. The average molecular weight is 456 g/mol.